The van der Waals surface area contributed by atoms with Crippen LogP contribution >= 0.6 is 0 Å². The number of aryl methyl sites for hydroxylation is 1. The molecule has 0 unspecified atom stereocenters. The highest BCUT2D eigenvalue weighted by Crippen LogP contribution is 2.28. The molecule has 2 aromatic heterocycles. The van der Waals surface area contributed by atoms with Crippen molar-refractivity contribution in [3.63, 3.8) is 0 Å². The lowest BCUT2D eigenvalue weighted by atomic mass is 10.1. The Morgan fingerprint density at radius 3 is 2.85 bits per heavy atom. The van der Waals surface area contributed by atoms with Crippen molar-refractivity contribution >= 4 is 17.3 Å². The number of nitrogens with zero attached hydrogens (tertiary/aromatic N) is 5. The molecule has 0 bridgehead atoms. The van der Waals surface area contributed by atoms with Crippen molar-refractivity contribution in [2.24, 2.45) is 0 Å². The number of anilines is 3. The van der Waals surface area contributed by atoms with Crippen LogP contribution in [0.15, 0.2) is 36.7 Å². The molecule has 1 aliphatic heterocycles. The van der Waals surface area contributed by atoms with Gasteiger partial charge in [-0.15, -0.1) is 0 Å². The highest BCUT2D eigenvalue weighted by Gasteiger charge is 2.17. The third-order valence-electron chi connectivity index (χ3n) is 4.69. The van der Waals surface area contributed by atoms with E-state index in [4.69, 9.17) is 10.5 Å². The minimum atomic E-state index is 0.453. The van der Waals surface area contributed by atoms with E-state index < -0.39 is 0 Å². The van der Waals surface area contributed by atoms with Crippen LogP contribution in [0.3, 0.4) is 0 Å². The molecule has 3 N–H and O–H groups in total. The van der Waals surface area contributed by atoms with Crippen molar-refractivity contribution in [1.29, 1.82) is 0 Å². The molecular formula is C19H23N7O. The molecule has 1 fully saturated rings. The predicted octanol–water partition coefficient (Wildman–Crippen LogP) is 2.51. The zero-order valence-corrected chi connectivity index (χ0v) is 15.5. The van der Waals surface area contributed by atoms with Crippen LogP contribution in [0.25, 0.3) is 5.82 Å². The molecule has 1 saturated heterocycles. The number of rotatable bonds is 6. The molecule has 0 atom stereocenters. The fourth-order valence-corrected chi connectivity index (χ4v) is 3.03. The molecule has 3 heterocycles. The Bertz CT molecular complexity index is 949. The summed E-state index contributed by atoms with van der Waals surface area (Å²) in [6, 6.07) is 7.22. The van der Waals surface area contributed by atoms with Crippen molar-refractivity contribution in [2.45, 2.75) is 19.9 Å². The maximum atomic E-state index is 5.88. The fraction of sp³-hybridized carbons (Fsp3) is 0.316. The van der Waals surface area contributed by atoms with Gasteiger partial charge in [0.15, 0.2) is 5.82 Å². The molecule has 0 radical (unpaired) electrons. The first kappa shape index (κ1) is 17.3. The first-order valence-electron chi connectivity index (χ1n) is 8.94. The van der Waals surface area contributed by atoms with Crippen LogP contribution in [-0.4, -0.2) is 44.8 Å². The normalized spacial score (nSPS) is 14.0. The zero-order chi connectivity index (χ0) is 18.8. The number of benzene rings is 1. The molecular weight excluding hydrogens is 342 g/mol. The summed E-state index contributed by atoms with van der Waals surface area (Å²) in [5.74, 6) is 1.83. The average Bonchev–Trinajstić information content (AvgIpc) is 2.99. The summed E-state index contributed by atoms with van der Waals surface area (Å²) in [6.07, 6.45) is 5.03. The zero-order valence-electron chi connectivity index (χ0n) is 15.5. The van der Waals surface area contributed by atoms with Gasteiger partial charge in [-0.3, -0.25) is 4.90 Å². The summed E-state index contributed by atoms with van der Waals surface area (Å²) in [5.41, 5.74) is 9.47. The van der Waals surface area contributed by atoms with Crippen molar-refractivity contribution in [3.05, 3.63) is 47.9 Å². The number of hydrogen-bond acceptors (Lipinski definition) is 7. The molecule has 1 aromatic carbocycles. The van der Waals surface area contributed by atoms with E-state index in [1.807, 2.05) is 19.2 Å². The van der Waals surface area contributed by atoms with E-state index in [9.17, 15) is 0 Å². The summed E-state index contributed by atoms with van der Waals surface area (Å²) >= 11 is 0. The standard InChI is InChI=1S/C19H23N7O/c1-13-14(11-25-8-3-9-25)12-26(24-13)18-6-7-21-19(23-18)22-16-10-15(20)4-5-17(16)27-2/h4-7,10,12H,3,8-9,11,20H2,1-2H3,(H,21,22,23). The number of ether oxygens (including phenoxy) is 1. The minimum Gasteiger partial charge on any atom is -0.495 e. The molecule has 8 nitrogen and oxygen atoms in total. The van der Waals surface area contributed by atoms with E-state index in [1.165, 1.54) is 12.0 Å². The SMILES string of the molecule is COc1ccc(N)cc1Nc1nccc(-n2cc(CN3CCC3)c(C)n2)n1. The Kier molecular flexibility index (Phi) is 4.64. The second-order valence-corrected chi connectivity index (χ2v) is 6.64. The second-order valence-electron chi connectivity index (χ2n) is 6.64. The maximum absolute atomic E-state index is 5.88. The minimum absolute atomic E-state index is 0.453. The fourth-order valence-electron chi connectivity index (χ4n) is 3.03. The largest absolute Gasteiger partial charge is 0.495 e. The molecule has 4 rings (SSSR count). The highest BCUT2D eigenvalue weighted by atomic mass is 16.5. The van der Waals surface area contributed by atoms with Gasteiger partial charge in [0.2, 0.25) is 5.95 Å². The topological polar surface area (TPSA) is 94.1 Å². The third kappa shape index (κ3) is 3.70. The summed E-state index contributed by atoms with van der Waals surface area (Å²) in [6.45, 7) is 5.29. The lowest BCUT2D eigenvalue weighted by molar-refractivity contribution is 0.172. The van der Waals surface area contributed by atoms with Crippen LogP contribution in [0.5, 0.6) is 5.75 Å². The Balaban J connectivity index is 1.58. The maximum Gasteiger partial charge on any atom is 0.229 e. The van der Waals surface area contributed by atoms with E-state index in [0.717, 1.165) is 25.3 Å². The lowest BCUT2D eigenvalue weighted by Crippen LogP contribution is -2.36. The van der Waals surface area contributed by atoms with Crippen LogP contribution in [-0.2, 0) is 6.54 Å². The average molecular weight is 365 g/mol. The van der Waals surface area contributed by atoms with E-state index >= 15 is 0 Å². The van der Waals surface area contributed by atoms with Crippen LogP contribution in [0.1, 0.15) is 17.7 Å². The Morgan fingerprint density at radius 2 is 2.11 bits per heavy atom. The van der Waals surface area contributed by atoms with Crippen LogP contribution in [0, 0.1) is 6.92 Å². The third-order valence-corrected chi connectivity index (χ3v) is 4.69. The van der Waals surface area contributed by atoms with Gasteiger partial charge in [-0.2, -0.15) is 10.1 Å². The highest BCUT2D eigenvalue weighted by molar-refractivity contribution is 5.67. The quantitative estimate of drug-likeness (QED) is 0.648. The molecule has 1 aliphatic rings. The van der Waals surface area contributed by atoms with Gasteiger partial charge in [-0.25, -0.2) is 9.67 Å². The van der Waals surface area contributed by atoms with Crippen molar-refractivity contribution < 1.29 is 4.74 Å². The van der Waals surface area contributed by atoms with Gasteiger partial charge >= 0.3 is 0 Å². The van der Waals surface area contributed by atoms with Gasteiger partial charge < -0.3 is 15.8 Å². The molecule has 0 saturated carbocycles. The molecule has 3 aromatic rings. The number of nitrogen functional groups attached to an aromatic ring is 1. The molecule has 8 heteroatoms. The first-order chi connectivity index (χ1) is 13.1. The smallest absolute Gasteiger partial charge is 0.229 e. The molecule has 27 heavy (non-hydrogen) atoms. The van der Waals surface area contributed by atoms with Gasteiger partial charge in [-0.1, -0.05) is 0 Å². The van der Waals surface area contributed by atoms with Gasteiger partial charge in [0.05, 0.1) is 18.5 Å². The summed E-state index contributed by atoms with van der Waals surface area (Å²) in [5, 5.41) is 7.79. The summed E-state index contributed by atoms with van der Waals surface area (Å²) in [4.78, 5) is 11.3. The summed E-state index contributed by atoms with van der Waals surface area (Å²) < 4.78 is 7.16. The number of nitrogens with one attached hydrogen (secondary N) is 1. The predicted molar refractivity (Wildman–Crippen MR) is 104 cm³/mol. The van der Waals surface area contributed by atoms with Crippen LogP contribution < -0.4 is 15.8 Å². The van der Waals surface area contributed by atoms with Gasteiger partial charge in [0.25, 0.3) is 0 Å². The molecule has 0 spiro atoms. The Labute approximate surface area is 158 Å². The van der Waals surface area contributed by atoms with Crippen LogP contribution in [0.4, 0.5) is 17.3 Å². The van der Waals surface area contributed by atoms with Crippen molar-refractivity contribution in [3.8, 4) is 11.6 Å². The van der Waals surface area contributed by atoms with Gasteiger partial charge in [0, 0.05) is 36.3 Å². The number of hydrogen-bond donors (Lipinski definition) is 2. The molecule has 0 amide bonds. The number of aromatic nitrogens is 4. The Hall–Kier alpha value is -3.13. The number of methoxy groups -OCH3 is 1. The van der Waals surface area contributed by atoms with E-state index in [-0.39, 0.29) is 0 Å². The lowest BCUT2D eigenvalue weighted by Gasteiger charge is -2.30. The monoisotopic (exact) mass is 365 g/mol. The van der Waals surface area contributed by atoms with Crippen molar-refractivity contribution in [2.75, 3.05) is 31.2 Å². The van der Waals surface area contributed by atoms with E-state index in [2.05, 4.69) is 25.3 Å². The van der Waals surface area contributed by atoms with Crippen molar-refractivity contribution in [1.82, 2.24) is 24.6 Å². The summed E-state index contributed by atoms with van der Waals surface area (Å²) in [7, 11) is 1.61. The van der Waals surface area contributed by atoms with E-state index in [1.54, 1.807) is 36.2 Å². The second kappa shape index (κ2) is 7.24. The first-order valence-corrected chi connectivity index (χ1v) is 8.94. The Morgan fingerprint density at radius 1 is 1.26 bits per heavy atom. The van der Waals surface area contributed by atoms with Crippen LogP contribution in [0.2, 0.25) is 0 Å². The molecule has 0 aliphatic carbocycles. The van der Waals surface area contributed by atoms with Gasteiger partial charge in [-0.05, 0) is 44.6 Å². The van der Waals surface area contributed by atoms with E-state index in [0.29, 0.717) is 28.9 Å². The number of nitrogens with two attached hydrogens (primary N) is 1. The number of likely N-dealkylation sites (tertiary alicyclic amines) is 1. The van der Waals surface area contributed by atoms with Gasteiger partial charge in [0.1, 0.15) is 5.75 Å². The molecule has 140 valence electrons.